The Bertz CT molecular complexity index is 1240. The van der Waals surface area contributed by atoms with Gasteiger partial charge >= 0.3 is 0 Å². The minimum atomic E-state index is -3.46. The van der Waals surface area contributed by atoms with Crippen LogP contribution in [0, 0.1) is 23.3 Å². The standard InChI is InChI=1S/C18H17F4N5O3S/c1-31(29,30)26-3-2-13(16(28)8-26)24-18-23-7-15-10(20)6-14(27(15)25-18)17-11(21)4-9(19)5-12(17)22/h4-7,13,16,28H,2-3,8H2,1H3,(H,24,25)/t13-,16-/m1/s1. The lowest BCUT2D eigenvalue weighted by Crippen LogP contribution is -2.51. The first-order valence-electron chi connectivity index (χ1n) is 9.13. The third-order valence-electron chi connectivity index (χ3n) is 5.06. The molecule has 0 radical (unpaired) electrons. The summed E-state index contributed by atoms with van der Waals surface area (Å²) in [5.74, 6) is -4.50. The number of benzene rings is 1. The Morgan fingerprint density at radius 3 is 2.42 bits per heavy atom. The van der Waals surface area contributed by atoms with Crippen LogP contribution in [0.3, 0.4) is 0 Å². The molecule has 31 heavy (non-hydrogen) atoms. The fourth-order valence-corrected chi connectivity index (χ4v) is 4.38. The highest BCUT2D eigenvalue weighted by atomic mass is 32.2. The predicted octanol–water partition coefficient (Wildman–Crippen LogP) is 1.76. The second kappa shape index (κ2) is 7.73. The van der Waals surface area contributed by atoms with Gasteiger partial charge in [-0.25, -0.2) is 35.5 Å². The Morgan fingerprint density at radius 2 is 1.81 bits per heavy atom. The molecular weight excluding hydrogens is 442 g/mol. The van der Waals surface area contributed by atoms with E-state index in [1.807, 2.05) is 0 Å². The van der Waals surface area contributed by atoms with E-state index in [9.17, 15) is 31.1 Å². The summed E-state index contributed by atoms with van der Waals surface area (Å²) in [4.78, 5) is 3.96. The lowest BCUT2D eigenvalue weighted by Gasteiger charge is -2.34. The van der Waals surface area contributed by atoms with Gasteiger partial charge < -0.3 is 10.4 Å². The maximum absolute atomic E-state index is 14.3. The molecule has 2 N–H and O–H groups in total. The van der Waals surface area contributed by atoms with Crippen LogP contribution in [0.5, 0.6) is 0 Å². The number of aliphatic hydroxyl groups excluding tert-OH is 1. The van der Waals surface area contributed by atoms with Crippen LogP contribution < -0.4 is 5.32 Å². The first kappa shape index (κ1) is 21.5. The van der Waals surface area contributed by atoms with Crippen molar-refractivity contribution in [2.45, 2.75) is 18.6 Å². The minimum absolute atomic E-state index is 0.0795. The molecule has 1 aliphatic rings. The number of β-amino-alcohol motifs (C(OH)–C–C–N with tert-alkyl or cyclic N) is 1. The molecule has 166 valence electrons. The van der Waals surface area contributed by atoms with Crippen LogP contribution in [0.15, 0.2) is 24.4 Å². The molecule has 2 atom stereocenters. The predicted molar refractivity (Wildman–Crippen MR) is 103 cm³/mol. The minimum Gasteiger partial charge on any atom is -0.390 e. The number of piperidine rings is 1. The Morgan fingerprint density at radius 1 is 1.13 bits per heavy atom. The van der Waals surface area contributed by atoms with Gasteiger partial charge in [0.1, 0.15) is 23.0 Å². The molecule has 4 rings (SSSR count). The van der Waals surface area contributed by atoms with Crippen LogP contribution >= 0.6 is 0 Å². The summed E-state index contributed by atoms with van der Waals surface area (Å²) >= 11 is 0. The molecule has 3 heterocycles. The lowest BCUT2D eigenvalue weighted by molar-refractivity contribution is 0.0950. The first-order chi connectivity index (χ1) is 14.5. The zero-order chi connectivity index (χ0) is 22.5. The number of hydrogen-bond donors (Lipinski definition) is 2. The van der Waals surface area contributed by atoms with Crippen LogP contribution in [0.25, 0.3) is 16.8 Å². The van der Waals surface area contributed by atoms with E-state index in [4.69, 9.17) is 0 Å². The quantitative estimate of drug-likeness (QED) is 0.577. The van der Waals surface area contributed by atoms with Crippen molar-refractivity contribution < 1.29 is 31.1 Å². The number of sulfonamides is 1. The van der Waals surface area contributed by atoms with Crippen LogP contribution in [-0.2, 0) is 10.0 Å². The monoisotopic (exact) mass is 459 g/mol. The van der Waals surface area contributed by atoms with E-state index in [0.29, 0.717) is 12.1 Å². The Labute approximate surface area is 174 Å². The number of rotatable bonds is 4. The molecule has 1 aliphatic heterocycles. The highest BCUT2D eigenvalue weighted by Crippen LogP contribution is 2.30. The van der Waals surface area contributed by atoms with E-state index in [2.05, 4.69) is 15.4 Å². The van der Waals surface area contributed by atoms with Crippen molar-refractivity contribution in [1.29, 1.82) is 0 Å². The molecule has 0 saturated carbocycles. The van der Waals surface area contributed by atoms with Gasteiger partial charge in [0.25, 0.3) is 0 Å². The average molecular weight is 459 g/mol. The molecule has 0 bridgehead atoms. The van der Waals surface area contributed by atoms with E-state index in [1.54, 1.807) is 0 Å². The summed E-state index contributed by atoms with van der Waals surface area (Å²) < 4.78 is 81.3. The number of fused-ring (bicyclic) bond motifs is 1. The molecule has 13 heteroatoms. The molecule has 3 aromatic rings. The molecule has 0 unspecified atom stereocenters. The van der Waals surface area contributed by atoms with Gasteiger partial charge in [-0.1, -0.05) is 0 Å². The van der Waals surface area contributed by atoms with Crippen molar-refractivity contribution in [2.75, 3.05) is 24.7 Å². The molecule has 1 fully saturated rings. The van der Waals surface area contributed by atoms with Crippen molar-refractivity contribution in [1.82, 2.24) is 18.9 Å². The highest BCUT2D eigenvalue weighted by Gasteiger charge is 2.32. The van der Waals surface area contributed by atoms with Gasteiger partial charge in [-0.2, -0.15) is 4.31 Å². The van der Waals surface area contributed by atoms with Gasteiger partial charge in [-0.3, -0.25) is 0 Å². The van der Waals surface area contributed by atoms with E-state index >= 15 is 0 Å². The topological polar surface area (TPSA) is 99.8 Å². The molecule has 2 aromatic heterocycles. The van der Waals surface area contributed by atoms with E-state index in [-0.39, 0.29) is 36.7 Å². The van der Waals surface area contributed by atoms with Gasteiger partial charge in [-0.15, -0.1) is 5.10 Å². The van der Waals surface area contributed by atoms with Crippen molar-refractivity contribution in [3.05, 3.63) is 47.7 Å². The average Bonchev–Trinajstić information content (AvgIpc) is 2.97. The fourth-order valence-electron chi connectivity index (χ4n) is 3.52. The third-order valence-corrected chi connectivity index (χ3v) is 6.33. The summed E-state index contributed by atoms with van der Waals surface area (Å²) in [6, 6.07) is 1.19. The van der Waals surface area contributed by atoms with Crippen molar-refractivity contribution in [2.24, 2.45) is 0 Å². The van der Waals surface area contributed by atoms with E-state index in [1.165, 1.54) is 0 Å². The summed E-state index contributed by atoms with van der Waals surface area (Å²) in [5.41, 5.74) is -1.12. The van der Waals surface area contributed by atoms with E-state index < -0.39 is 51.0 Å². The summed E-state index contributed by atoms with van der Waals surface area (Å²) in [6.07, 6.45) is 1.30. The van der Waals surface area contributed by atoms with Crippen LogP contribution in [0.2, 0.25) is 0 Å². The molecule has 8 nitrogen and oxygen atoms in total. The molecular formula is C18H17F4N5O3S. The molecule has 0 amide bonds. The summed E-state index contributed by atoms with van der Waals surface area (Å²) in [6.45, 7) is 0.0271. The molecule has 1 saturated heterocycles. The van der Waals surface area contributed by atoms with Gasteiger partial charge in [0.15, 0.2) is 5.82 Å². The lowest BCUT2D eigenvalue weighted by atomic mass is 10.0. The SMILES string of the molecule is CS(=O)(=O)N1CC[C@@H](Nc2ncc3c(F)cc(-c4c(F)cc(F)cc4F)n3n2)[C@H](O)C1. The number of halogens is 4. The fraction of sp³-hybridized carbons (Fsp3) is 0.333. The van der Waals surface area contributed by atoms with Gasteiger partial charge in [0.2, 0.25) is 16.0 Å². The number of hydrogen-bond acceptors (Lipinski definition) is 6. The number of aromatic nitrogens is 3. The van der Waals surface area contributed by atoms with Crippen molar-refractivity contribution in [3.63, 3.8) is 0 Å². The smallest absolute Gasteiger partial charge is 0.241 e. The molecule has 0 spiro atoms. The number of anilines is 1. The maximum Gasteiger partial charge on any atom is 0.241 e. The molecule has 0 aliphatic carbocycles. The second-order valence-electron chi connectivity index (χ2n) is 7.23. The van der Waals surface area contributed by atoms with Gasteiger partial charge in [-0.05, 0) is 6.42 Å². The Hall–Kier alpha value is -2.77. The van der Waals surface area contributed by atoms with Crippen LogP contribution in [-0.4, -0.2) is 63.9 Å². The number of aliphatic hydroxyl groups is 1. The summed E-state index contributed by atoms with van der Waals surface area (Å²) in [5, 5.41) is 17.2. The number of nitrogens with zero attached hydrogens (tertiary/aromatic N) is 4. The Kier molecular flexibility index (Phi) is 5.35. The first-order valence-corrected chi connectivity index (χ1v) is 11.0. The van der Waals surface area contributed by atoms with Crippen LogP contribution in [0.4, 0.5) is 23.5 Å². The van der Waals surface area contributed by atoms with Crippen molar-refractivity contribution in [3.8, 4) is 11.3 Å². The zero-order valence-corrected chi connectivity index (χ0v) is 16.9. The zero-order valence-electron chi connectivity index (χ0n) is 16.1. The van der Waals surface area contributed by atoms with Gasteiger partial charge in [0, 0.05) is 31.3 Å². The Balaban J connectivity index is 1.67. The highest BCUT2D eigenvalue weighted by molar-refractivity contribution is 7.88. The summed E-state index contributed by atoms with van der Waals surface area (Å²) in [7, 11) is -3.46. The largest absolute Gasteiger partial charge is 0.390 e. The normalized spacial score (nSPS) is 20.3. The van der Waals surface area contributed by atoms with Crippen molar-refractivity contribution >= 4 is 21.5 Å². The van der Waals surface area contributed by atoms with Gasteiger partial charge in [0.05, 0.1) is 35.9 Å². The van der Waals surface area contributed by atoms with Crippen LogP contribution in [0.1, 0.15) is 6.42 Å². The second-order valence-corrected chi connectivity index (χ2v) is 9.21. The maximum atomic E-state index is 14.3. The third kappa shape index (κ3) is 4.07. The van der Waals surface area contributed by atoms with E-state index in [0.717, 1.165) is 27.3 Å². The number of nitrogens with one attached hydrogen (secondary N) is 1. The molecule has 1 aromatic carbocycles.